The lowest BCUT2D eigenvalue weighted by molar-refractivity contribution is -0.136. The van der Waals surface area contributed by atoms with Crippen LogP contribution < -0.4 is 4.74 Å². The second-order valence-corrected chi connectivity index (χ2v) is 5.72. The Balaban J connectivity index is 1.60. The number of amides is 1. The molecule has 1 aromatic heterocycles. The molecule has 1 unspecified atom stereocenters. The van der Waals surface area contributed by atoms with Gasteiger partial charge in [-0.3, -0.25) is 4.79 Å². The van der Waals surface area contributed by atoms with E-state index in [1.54, 1.807) is 11.2 Å². The molecule has 2 heterocycles. The first-order valence-electron chi connectivity index (χ1n) is 7.76. The predicted molar refractivity (Wildman–Crippen MR) is 84.9 cm³/mol. The first kappa shape index (κ1) is 15.6. The zero-order valence-electron chi connectivity index (χ0n) is 13.2. The molecule has 3 rings (SSSR count). The molecule has 122 valence electrons. The van der Waals surface area contributed by atoms with Crippen molar-refractivity contribution in [2.45, 2.75) is 25.4 Å². The lowest BCUT2D eigenvalue weighted by atomic mass is 10.0. The van der Waals surface area contributed by atoms with Crippen LogP contribution in [0.15, 0.2) is 36.7 Å². The van der Waals surface area contributed by atoms with Crippen molar-refractivity contribution >= 4 is 5.91 Å². The summed E-state index contributed by atoms with van der Waals surface area (Å²) in [5.41, 5.74) is 2.00. The van der Waals surface area contributed by atoms with Gasteiger partial charge in [0.1, 0.15) is 5.75 Å². The smallest absolute Gasteiger partial charge is 0.226 e. The third-order valence-corrected chi connectivity index (χ3v) is 4.19. The Morgan fingerprint density at radius 3 is 2.91 bits per heavy atom. The lowest BCUT2D eigenvalue weighted by Crippen LogP contribution is -2.47. The van der Waals surface area contributed by atoms with E-state index in [2.05, 4.69) is 4.98 Å². The van der Waals surface area contributed by atoms with Gasteiger partial charge >= 0.3 is 0 Å². The standard InChI is InChI=1S/C17H21N3O3/c1-19-12-18-15-10-20(13(11-21)9-16(15)19)17(22)7-8-23-14-5-3-2-4-6-14/h2-6,12-13,21H,7-11H2,1H3. The number of hydrogen-bond donors (Lipinski definition) is 1. The van der Waals surface area contributed by atoms with Crippen molar-refractivity contribution in [2.75, 3.05) is 13.2 Å². The van der Waals surface area contributed by atoms with E-state index in [9.17, 15) is 9.90 Å². The van der Waals surface area contributed by atoms with Gasteiger partial charge in [0.05, 0.1) is 44.2 Å². The number of ether oxygens (including phenoxy) is 1. The van der Waals surface area contributed by atoms with Crippen LogP contribution in [0.5, 0.6) is 5.75 Å². The SMILES string of the molecule is Cn1cnc2c1CC(CO)N(C(=O)CCOc1ccccc1)C2. The number of benzene rings is 1. The number of rotatable bonds is 5. The highest BCUT2D eigenvalue weighted by atomic mass is 16.5. The van der Waals surface area contributed by atoms with Gasteiger partial charge in [0.25, 0.3) is 0 Å². The maximum atomic E-state index is 12.5. The lowest BCUT2D eigenvalue weighted by Gasteiger charge is -2.34. The highest BCUT2D eigenvalue weighted by molar-refractivity contribution is 5.77. The Kier molecular flexibility index (Phi) is 4.62. The van der Waals surface area contributed by atoms with E-state index in [4.69, 9.17) is 4.74 Å². The molecule has 23 heavy (non-hydrogen) atoms. The molecule has 0 fully saturated rings. The number of aliphatic hydroxyl groups is 1. The molecule has 2 aromatic rings. The van der Waals surface area contributed by atoms with Crippen molar-refractivity contribution in [1.29, 1.82) is 0 Å². The van der Waals surface area contributed by atoms with Crippen LogP contribution in [-0.4, -0.2) is 44.7 Å². The minimum Gasteiger partial charge on any atom is -0.493 e. The molecule has 6 nitrogen and oxygen atoms in total. The molecular formula is C17H21N3O3. The van der Waals surface area contributed by atoms with Crippen molar-refractivity contribution < 1.29 is 14.6 Å². The van der Waals surface area contributed by atoms with Gasteiger partial charge in [-0.15, -0.1) is 0 Å². The van der Waals surface area contributed by atoms with Crippen molar-refractivity contribution in [1.82, 2.24) is 14.5 Å². The Bertz CT molecular complexity index is 669. The van der Waals surface area contributed by atoms with Crippen LogP contribution in [0.2, 0.25) is 0 Å². The van der Waals surface area contributed by atoms with Crippen molar-refractivity contribution in [2.24, 2.45) is 7.05 Å². The van der Waals surface area contributed by atoms with E-state index >= 15 is 0 Å². The molecule has 1 atom stereocenters. The third kappa shape index (κ3) is 3.37. The Labute approximate surface area is 135 Å². The molecule has 0 spiro atoms. The van der Waals surface area contributed by atoms with Gasteiger partial charge < -0.3 is 19.3 Å². The summed E-state index contributed by atoms with van der Waals surface area (Å²) in [4.78, 5) is 18.5. The van der Waals surface area contributed by atoms with Gasteiger partial charge in [0, 0.05) is 19.2 Å². The highest BCUT2D eigenvalue weighted by Gasteiger charge is 2.31. The van der Waals surface area contributed by atoms with Gasteiger partial charge in [-0.2, -0.15) is 0 Å². The van der Waals surface area contributed by atoms with Crippen LogP contribution in [0, 0.1) is 0 Å². The molecule has 1 aliphatic heterocycles. The second-order valence-electron chi connectivity index (χ2n) is 5.72. The number of carbonyl (C=O) groups excluding carboxylic acids is 1. The van der Waals surface area contributed by atoms with Gasteiger partial charge in [-0.05, 0) is 12.1 Å². The summed E-state index contributed by atoms with van der Waals surface area (Å²) in [7, 11) is 1.94. The zero-order chi connectivity index (χ0) is 16.2. The average molecular weight is 315 g/mol. The summed E-state index contributed by atoms with van der Waals surface area (Å²) in [6, 6.07) is 9.24. The van der Waals surface area contributed by atoms with Gasteiger partial charge in [0.2, 0.25) is 5.91 Å². The fourth-order valence-electron chi connectivity index (χ4n) is 2.89. The van der Waals surface area contributed by atoms with E-state index in [1.165, 1.54) is 0 Å². The Morgan fingerprint density at radius 1 is 1.39 bits per heavy atom. The molecule has 0 aliphatic carbocycles. The van der Waals surface area contributed by atoms with E-state index in [0.29, 0.717) is 19.6 Å². The van der Waals surface area contributed by atoms with Crippen molar-refractivity contribution in [3.05, 3.63) is 48.0 Å². The largest absolute Gasteiger partial charge is 0.493 e. The predicted octanol–water partition coefficient (Wildman–Crippen LogP) is 1.13. The molecule has 1 amide bonds. The molecule has 1 N–H and O–H groups in total. The maximum absolute atomic E-state index is 12.5. The fourth-order valence-corrected chi connectivity index (χ4v) is 2.89. The summed E-state index contributed by atoms with van der Waals surface area (Å²) >= 11 is 0. The van der Waals surface area contributed by atoms with E-state index in [1.807, 2.05) is 41.9 Å². The minimum atomic E-state index is -0.192. The zero-order valence-corrected chi connectivity index (χ0v) is 13.2. The minimum absolute atomic E-state index is 0.0173. The Hall–Kier alpha value is -2.34. The van der Waals surface area contributed by atoms with Crippen LogP contribution in [0.1, 0.15) is 17.8 Å². The summed E-state index contributed by atoms with van der Waals surface area (Å²) < 4.78 is 7.54. The molecule has 0 radical (unpaired) electrons. The van der Waals surface area contributed by atoms with E-state index in [-0.39, 0.29) is 25.0 Å². The first-order valence-corrected chi connectivity index (χ1v) is 7.76. The third-order valence-electron chi connectivity index (χ3n) is 4.19. The van der Waals surface area contributed by atoms with Crippen molar-refractivity contribution in [3.63, 3.8) is 0 Å². The van der Waals surface area contributed by atoms with Crippen molar-refractivity contribution in [3.8, 4) is 5.75 Å². The summed E-state index contributed by atoms with van der Waals surface area (Å²) in [6.07, 6.45) is 2.67. The highest BCUT2D eigenvalue weighted by Crippen LogP contribution is 2.22. The number of carbonyl (C=O) groups is 1. The number of imidazole rings is 1. The Morgan fingerprint density at radius 2 is 2.17 bits per heavy atom. The molecule has 0 saturated heterocycles. The normalized spacial score (nSPS) is 17.0. The van der Waals surface area contributed by atoms with Gasteiger partial charge in [0.15, 0.2) is 0 Å². The number of nitrogens with zero attached hydrogens (tertiary/aromatic N) is 3. The molecule has 0 saturated carbocycles. The van der Waals surface area contributed by atoms with Crippen LogP contribution in [0.3, 0.4) is 0 Å². The van der Waals surface area contributed by atoms with Crippen LogP contribution in [0.4, 0.5) is 0 Å². The first-order chi connectivity index (χ1) is 11.2. The molecule has 1 aromatic carbocycles. The fraction of sp³-hybridized carbons (Fsp3) is 0.412. The number of hydrogen-bond acceptors (Lipinski definition) is 4. The summed E-state index contributed by atoms with van der Waals surface area (Å²) in [6.45, 7) is 0.730. The summed E-state index contributed by atoms with van der Waals surface area (Å²) in [5.74, 6) is 0.737. The number of aromatic nitrogens is 2. The molecular weight excluding hydrogens is 294 g/mol. The number of aryl methyl sites for hydroxylation is 1. The molecule has 0 bridgehead atoms. The topological polar surface area (TPSA) is 67.6 Å². The van der Waals surface area contributed by atoms with Crippen LogP contribution in [-0.2, 0) is 24.8 Å². The van der Waals surface area contributed by atoms with E-state index < -0.39 is 0 Å². The van der Waals surface area contributed by atoms with E-state index in [0.717, 1.165) is 17.1 Å². The van der Waals surface area contributed by atoms with Crippen LogP contribution >= 0.6 is 0 Å². The number of para-hydroxylation sites is 1. The molecule has 1 aliphatic rings. The van der Waals surface area contributed by atoms with Gasteiger partial charge in [-0.1, -0.05) is 18.2 Å². The quantitative estimate of drug-likeness (QED) is 0.898. The average Bonchev–Trinajstić information content (AvgIpc) is 2.95. The van der Waals surface area contributed by atoms with Gasteiger partial charge in [-0.25, -0.2) is 4.98 Å². The number of fused-ring (bicyclic) bond motifs is 1. The summed E-state index contributed by atoms with van der Waals surface area (Å²) in [5, 5.41) is 9.61. The number of aliphatic hydroxyl groups excluding tert-OH is 1. The van der Waals surface area contributed by atoms with Crippen LogP contribution in [0.25, 0.3) is 0 Å². The molecule has 6 heteroatoms. The maximum Gasteiger partial charge on any atom is 0.226 e. The monoisotopic (exact) mass is 315 g/mol. The second kappa shape index (κ2) is 6.83.